The van der Waals surface area contributed by atoms with Gasteiger partial charge in [-0.1, -0.05) is 36.4 Å². The molecule has 6 heteroatoms. The summed E-state index contributed by atoms with van der Waals surface area (Å²) in [5, 5.41) is 1.95. The number of benzene rings is 2. The quantitative estimate of drug-likeness (QED) is 0.767. The molecule has 1 unspecified atom stereocenters. The van der Waals surface area contributed by atoms with Gasteiger partial charge in [-0.2, -0.15) is 5.43 Å². The Hall–Kier alpha value is -3.09. The van der Waals surface area contributed by atoms with E-state index in [-0.39, 0.29) is 6.23 Å². The molecule has 1 aromatic heterocycles. The first-order valence-corrected chi connectivity index (χ1v) is 8.38. The van der Waals surface area contributed by atoms with E-state index in [2.05, 4.69) is 24.5 Å². The average molecular weight is 349 g/mol. The summed E-state index contributed by atoms with van der Waals surface area (Å²) in [7, 11) is 0. The van der Waals surface area contributed by atoms with Crippen molar-refractivity contribution in [1.82, 2.24) is 9.99 Å². The fraction of sp³-hybridized carbons (Fsp3) is 0.150. The lowest BCUT2D eigenvalue weighted by Gasteiger charge is -2.21. The van der Waals surface area contributed by atoms with E-state index in [9.17, 15) is 4.79 Å². The standard InChI is InChI=1S/C20H19N3O3/c1-15-6-2-4-8-17(15)23-11-10-19(21-23)26-14-16-7-3-5-9-18(16)22-12-13-25-20(22)24/h2-13,19,21H,14H2,1H3. The van der Waals surface area contributed by atoms with E-state index in [1.807, 2.05) is 53.7 Å². The predicted molar refractivity (Wildman–Crippen MR) is 98.8 cm³/mol. The van der Waals surface area contributed by atoms with Gasteiger partial charge in [-0.15, -0.1) is 0 Å². The van der Waals surface area contributed by atoms with Crippen molar-refractivity contribution in [2.24, 2.45) is 0 Å². The zero-order valence-electron chi connectivity index (χ0n) is 14.3. The second-order valence-electron chi connectivity index (χ2n) is 6.03. The van der Waals surface area contributed by atoms with Gasteiger partial charge < -0.3 is 9.15 Å². The molecule has 1 N–H and O–H groups in total. The maximum absolute atomic E-state index is 11.8. The monoisotopic (exact) mass is 349 g/mol. The van der Waals surface area contributed by atoms with Crippen LogP contribution in [-0.4, -0.2) is 10.8 Å². The lowest BCUT2D eigenvalue weighted by molar-refractivity contribution is 0.0556. The fourth-order valence-electron chi connectivity index (χ4n) is 2.96. The first-order valence-electron chi connectivity index (χ1n) is 8.38. The Bertz CT molecular complexity index is 989. The molecule has 0 saturated heterocycles. The fourth-order valence-corrected chi connectivity index (χ4v) is 2.96. The van der Waals surface area contributed by atoms with Crippen molar-refractivity contribution in [2.75, 3.05) is 5.01 Å². The smallest absolute Gasteiger partial charge is 0.416 e. The van der Waals surface area contributed by atoms with E-state index >= 15 is 0 Å². The third-order valence-electron chi connectivity index (χ3n) is 4.30. The number of anilines is 1. The Morgan fingerprint density at radius 2 is 1.88 bits per heavy atom. The highest BCUT2D eigenvalue weighted by atomic mass is 16.5. The highest BCUT2D eigenvalue weighted by molar-refractivity contribution is 5.55. The van der Waals surface area contributed by atoms with Crippen molar-refractivity contribution in [3.63, 3.8) is 0 Å². The lowest BCUT2D eigenvalue weighted by atomic mass is 10.2. The van der Waals surface area contributed by atoms with Crippen LogP contribution in [0.4, 0.5) is 5.69 Å². The van der Waals surface area contributed by atoms with Crippen molar-refractivity contribution < 1.29 is 9.15 Å². The van der Waals surface area contributed by atoms with E-state index in [1.54, 1.807) is 6.20 Å². The normalized spacial score (nSPS) is 16.3. The third-order valence-corrected chi connectivity index (χ3v) is 4.30. The van der Waals surface area contributed by atoms with Crippen LogP contribution >= 0.6 is 0 Å². The molecule has 2 heterocycles. The molecule has 0 saturated carbocycles. The molecular formula is C20H19N3O3. The number of hydrogen-bond donors (Lipinski definition) is 1. The molecule has 1 atom stereocenters. The summed E-state index contributed by atoms with van der Waals surface area (Å²) < 4.78 is 12.3. The van der Waals surface area contributed by atoms with Crippen LogP contribution in [0.25, 0.3) is 5.69 Å². The summed E-state index contributed by atoms with van der Waals surface area (Å²) in [5.74, 6) is -0.415. The van der Waals surface area contributed by atoms with Crippen LogP contribution < -0.4 is 16.2 Å². The van der Waals surface area contributed by atoms with Gasteiger partial charge in [0.15, 0.2) is 0 Å². The molecule has 6 nitrogen and oxygen atoms in total. The number of hydrazine groups is 1. The Kier molecular flexibility index (Phi) is 4.43. The van der Waals surface area contributed by atoms with Gasteiger partial charge in [0, 0.05) is 11.8 Å². The SMILES string of the molecule is Cc1ccccc1N1C=CC(OCc2ccccc2-n2ccoc2=O)N1. The Morgan fingerprint density at radius 3 is 2.65 bits per heavy atom. The number of oxazole rings is 1. The number of aromatic nitrogens is 1. The van der Waals surface area contributed by atoms with Gasteiger partial charge in [-0.3, -0.25) is 5.01 Å². The number of aryl methyl sites for hydroxylation is 1. The van der Waals surface area contributed by atoms with Crippen molar-refractivity contribution in [2.45, 2.75) is 19.8 Å². The van der Waals surface area contributed by atoms with E-state index in [0.29, 0.717) is 6.61 Å². The van der Waals surface area contributed by atoms with Gasteiger partial charge in [0.1, 0.15) is 12.5 Å². The van der Waals surface area contributed by atoms with Crippen molar-refractivity contribution in [3.05, 3.63) is 94.9 Å². The maximum Gasteiger partial charge on any atom is 0.423 e. The zero-order chi connectivity index (χ0) is 17.9. The summed E-state index contributed by atoms with van der Waals surface area (Å²) >= 11 is 0. The van der Waals surface area contributed by atoms with Crippen LogP contribution in [0, 0.1) is 6.92 Å². The van der Waals surface area contributed by atoms with Crippen LogP contribution in [0.3, 0.4) is 0 Å². The van der Waals surface area contributed by atoms with Gasteiger partial charge in [-0.25, -0.2) is 9.36 Å². The molecular weight excluding hydrogens is 330 g/mol. The van der Waals surface area contributed by atoms with Crippen molar-refractivity contribution >= 4 is 5.69 Å². The van der Waals surface area contributed by atoms with Gasteiger partial charge in [0.25, 0.3) is 0 Å². The molecule has 0 amide bonds. The van der Waals surface area contributed by atoms with Crippen molar-refractivity contribution in [1.29, 1.82) is 0 Å². The molecule has 2 aromatic carbocycles. The molecule has 0 spiro atoms. The number of nitrogens with zero attached hydrogens (tertiary/aromatic N) is 2. The first kappa shape index (κ1) is 16.4. The highest BCUT2D eigenvalue weighted by Crippen LogP contribution is 2.22. The molecule has 3 aromatic rings. The van der Waals surface area contributed by atoms with Crippen LogP contribution in [0.15, 0.2) is 82.5 Å². The number of ether oxygens (including phenoxy) is 1. The third kappa shape index (κ3) is 3.20. The number of para-hydroxylation sites is 2. The summed E-state index contributed by atoms with van der Waals surface area (Å²) in [4.78, 5) is 11.8. The van der Waals surface area contributed by atoms with Crippen molar-refractivity contribution in [3.8, 4) is 5.69 Å². The minimum Gasteiger partial charge on any atom is -0.416 e. The van der Waals surface area contributed by atoms with Crippen LogP contribution in [0.2, 0.25) is 0 Å². The number of hydrogen-bond acceptors (Lipinski definition) is 5. The predicted octanol–water partition coefficient (Wildman–Crippen LogP) is 3.12. The topological polar surface area (TPSA) is 59.6 Å². The molecule has 0 radical (unpaired) electrons. The molecule has 132 valence electrons. The van der Waals surface area contributed by atoms with Crippen LogP contribution in [0.5, 0.6) is 0 Å². The van der Waals surface area contributed by atoms with E-state index < -0.39 is 5.76 Å². The second-order valence-corrected chi connectivity index (χ2v) is 6.03. The van der Waals surface area contributed by atoms with E-state index in [1.165, 1.54) is 16.4 Å². The van der Waals surface area contributed by atoms with Gasteiger partial charge in [0.2, 0.25) is 0 Å². The summed E-state index contributed by atoms with van der Waals surface area (Å²) in [6.07, 6.45) is 6.65. The van der Waals surface area contributed by atoms with Gasteiger partial charge >= 0.3 is 5.76 Å². The average Bonchev–Trinajstić information content (AvgIpc) is 3.30. The molecule has 1 aliphatic heterocycles. The van der Waals surface area contributed by atoms with Gasteiger partial charge in [-0.05, 0) is 30.7 Å². The Morgan fingerprint density at radius 1 is 1.12 bits per heavy atom. The molecule has 4 rings (SSSR count). The molecule has 1 aliphatic rings. The van der Waals surface area contributed by atoms with E-state index in [0.717, 1.165) is 16.9 Å². The summed E-state index contributed by atoms with van der Waals surface area (Å²) in [5.41, 5.74) is 7.21. The maximum atomic E-state index is 11.8. The molecule has 0 fully saturated rings. The minimum absolute atomic E-state index is 0.247. The summed E-state index contributed by atoms with van der Waals surface area (Å²) in [6.45, 7) is 2.43. The highest BCUT2D eigenvalue weighted by Gasteiger charge is 2.18. The Balaban J connectivity index is 1.45. The molecule has 26 heavy (non-hydrogen) atoms. The molecule has 0 bridgehead atoms. The second kappa shape index (κ2) is 7.03. The number of rotatable bonds is 5. The minimum atomic E-state index is -0.415. The largest absolute Gasteiger partial charge is 0.423 e. The van der Waals surface area contributed by atoms with Gasteiger partial charge in [0.05, 0.1) is 24.2 Å². The Labute approximate surface area is 150 Å². The molecule has 0 aliphatic carbocycles. The van der Waals surface area contributed by atoms with E-state index in [4.69, 9.17) is 9.15 Å². The lowest BCUT2D eigenvalue weighted by Crippen LogP contribution is -2.37. The first-order chi connectivity index (χ1) is 12.7. The van der Waals surface area contributed by atoms with Crippen LogP contribution in [0.1, 0.15) is 11.1 Å². The summed E-state index contributed by atoms with van der Waals surface area (Å²) in [6, 6.07) is 15.7. The zero-order valence-corrected chi connectivity index (χ0v) is 14.3. The number of nitrogens with one attached hydrogen (secondary N) is 1. The van der Waals surface area contributed by atoms with Crippen LogP contribution in [-0.2, 0) is 11.3 Å².